The van der Waals surface area contributed by atoms with E-state index in [1.165, 1.54) is 28.4 Å². The van der Waals surface area contributed by atoms with Gasteiger partial charge in [-0.3, -0.25) is 19.1 Å². The Morgan fingerprint density at radius 2 is 1.48 bits per heavy atom. The highest BCUT2D eigenvalue weighted by Crippen LogP contribution is 2.36. The van der Waals surface area contributed by atoms with Gasteiger partial charge < -0.3 is 9.72 Å². The molecule has 0 bridgehead atoms. The van der Waals surface area contributed by atoms with Gasteiger partial charge >= 0.3 is 11.4 Å². The Hall–Kier alpha value is -7.98. The molecule has 0 radical (unpaired) electrons. The lowest BCUT2D eigenvalue weighted by atomic mass is 10.0. The van der Waals surface area contributed by atoms with E-state index in [9.17, 15) is 19.2 Å². The molecule has 5 aromatic carbocycles. The minimum absolute atomic E-state index is 0.0826. The molecule has 0 aliphatic heterocycles. The monoisotopic (exact) mass is 928 g/mol. The molecule has 6 heterocycles. The zero-order valence-electron chi connectivity index (χ0n) is 34.6. The molecule has 0 amide bonds. The third-order valence-corrected chi connectivity index (χ3v) is 13.3. The molecule has 17 heteroatoms. The van der Waals surface area contributed by atoms with Crippen molar-refractivity contribution in [2.75, 3.05) is 7.11 Å². The highest BCUT2D eigenvalue weighted by molar-refractivity contribution is 7.22. The molecule has 0 spiro atoms. The van der Waals surface area contributed by atoms with Crippen molar-refractivity contribution in [2.45, 2.75) is 13.2 Å². The molecule has 0 fully saturated rings. The molecule has 66 heavy (non-hydrogen) atoms. The van der Waals surface area contributed by atoms with Gasteiger partial charge in [0, 0.05) is 53.8 Å². The number of thiophene rings is 1. The summed E-state index contributed by atoms with van der Waals surface area (Å²) in [6.07, 6.45) is 8.33. The maximum absolute atomic E-state index is 14.7. The predicted molar refractivity (Wildman–Crippen MR) is 257 cm³/mol. The lowest BCUT2D eigenvalue weighted by Crippen LogP contribution is -2.40. The van der Waals surface area contributed by atoms with Crippen LogP contribution < -0.4 is 31.8 Å². The van der Waals surface area contributed by atoms with Gasteiger partial charge in [-0.15, -0.1) is 16.4 Å². The summed E-state index contributed by atoms with van der Waals surface area (Å²) >= 11 is 14.4. The Morgan fingerprint density at radius 3 is 2.30 bits per heavy atom. The molecule has 14 nitrogen and oxygen atoms in total. The number of benzene rings is 5. The summed E-state index contributed by atoms with van der Waals surface area (Å²) in [5, 5.41) is 8.95. The van der Waals surface area contributed by atoms with Crippen LogP contribution in [0.5, 0.6) is 5.75 Å². The minimum Gasteiger partial charge on any atom is -0.497 e. The summed E-state index contributed by atoms with van der Waals surface area (Å²) in [6, 6.07) is 34.5. The number of methoxy groups -OCH3 is 1. The number of fused-ring (bicyclic) bond motifs is 4. The molecule has 11 rings (SSSR count). The third kappa shape index (κ3) is 6.97. The highest BCUT2D eigenvalue weighted by atomic mass is 35.5. The average Bonchev–Trinajstić information content (AvgIpc) is 3.98. The van der Waals surface area contributed by atoms with Crippen molar-refractivity contribution in [3.8, 4) is 38.7 Å². The maximum Gasteiger partial charge on any atom is 0.336 e. The molecule has 1 N–H and O–H groups in total. The van der Waals surface area contributed by atoms with Gasteiger partial charge in [0.25, 0.3) is 11.1 Å². The molecule has 0 aliphatic rings. The second kappa shape index (κ2) is 16.2. The average molecular weight is 930 g/mol. The van der Waals surface area contributed by atoms with Crippen molar-refractivity contribution in [1.29, 1.82) is 0 Å². The third-order valence-electron chi connectivity index (χ3n) is 11.5. The molecule has 322 valence electrons. The first-order valence-electron chi connectivity index (χ1n) is 20.4. The van der Waals surface area contributed by atoms with Gasteiger partial charge in [0.1, 0.15) is 22.5 Å². The Morgan fingerprint density at radius 1 is 0.727 bits per heavy atom. The van der Waals surface area contributed by atoms with Crippen LogP contribution in [0.4, 0.5) is 0 Å². The van der Waals surface area contributed by atoms with E-state index < -0.39 is 22.5 Å². The van der Waals surface area contributed by atoms with Crippen molar-refractivity contribution < 1.29 is 9.30 Å². The standard InChI is InChI=1S/C49H31Cl2N9O5S/c1-65-31-15-17-38(51)36(19-31)28-14-16-35-39(18-28)54-48(63)59(46(35)61)42-24-56(23-30-9-3-5-11-33(30)42)27-57-26-53-44(55-57)25-58-40-20-43(34-12-6-7-13-37(34)50)66-45(40)47(62)60(49(58)64)41-22-52-21-29-8-2-4-10-32(29)41/h2-24,26H,25,27H2,1H3/p+1. The van der Waals surface area contributed by atoms with Crippen LogP contribution in [0.15, 0.2) is 166 Å². The van der Waals surface area contributed by atoms with E-state index >= 15 is 0 Å². The quantitative estimate of drug-likeness (QED) is 0.143. The summed E-state index contributed by atoms with van der Waals surface area (Å²) in [5.41, 5.74) is 1.36. The summed E-state index contributed by atoms with van der Waals surface area (Å²) in [7, 11) is 1.56. The largest absolute Gasteiger partial charge is 0.497 e. The molecule has 0 atom stereocenters. The first kappa shape index (κ1) is 40.8. The van der Waals surface area contributed by atoms with Crippen molar-refractivity contribution >= 4 is 77.2 Å². The number of H-pyrrole nitrogens is 1. The van der Waals surface area contributed by atoms with Crippen LogP contribution in [0.25, 0.3) is 75.6 Å². The molecular weight excluding hydrogens is 898 g/mol. The topological polar surface area (TPSA) is 156 Å². The molecule has 6 aromatic heterocycles. The van der Waals surface area contributed by atoms with E-state index in [0.29, 0.717) is 80.9 Å². The fourth-order valence-corrected chi connectivity index (χ4v) is 10.0. The normalized spacial score (nSPS) is 11.6. The number of hydrogen-bond acceptors (Lipinski definition) is 9. The second-order valence-electron chi connectivity index (χ2n) is 15.5. The lowest BCUT2D eigenvalue weighted by Gasteiger charge is -2.12. The Bertz CT molecular complexity index is 4040. The van der Waals surface area contributed by atoms with Gasteiger partial charge in [-0.25, -0.2) is 23.7 Å². The number of rotatable bonds is 9. The molecular formula is C49H32Cl2N9O5S+. The fourth-order valence-electron chi connectivity index (χ4n) is 8.37. The van der Waals surface area contributed by atoms with Crippen molar-refractivity contribution in [3.05, 3.63) is 204 Å². The number of pyridine rings is 2. The van der Waals surface area contributed by atoms with E-state index in [2.05, 4.69) is 15.0 Å². The second-order valence-corrected chi connectivity index (χ2v) is 17.3. The van der Waals surface area contributed by atoms with E-state index in [4.69, 9.17) is 33.0 Å². The Labute approximate surface area is 386 Å². The predicted octanol–water partition coefficient (Wildman–Crippen LogP) is 7.99. The number of nitrogens with one attached hydrogen (secondary N) is 1. The summed E-state index contributed by atoms with van der Waals surface area (Å²) in [5.74, 6) is 0.908. The number of aromatic nitrogens is 9. The number of nitrogens with zero attached hydrogens (tertiary/aromatic N) is 8. The summed E-state index contributed by atoms with van der Waals surface area (Å²) < 4.78 is 12.9. The zero-order chi connectivity index (χ0) is 45.2. The number of ether oxygens (including phenoxy) is 1. The SMILES string of the molecule is COc1ccc(Cl)c(-c2ccc3c(=O)n(-c4c[n+](Cn5cnc(Cn6c(=O)n(-c7cncc8ccccc78)c(=O)c7sc(-c8ccccc8Cl)cc76)n5)cc5ccccc45)c(=O)[nH]c3c2)c1. The van der Waals surface area contributed by atoms with Crippen LogP contribution in [-0.4, -0.2) is 45.5 Å². The number of hydrogen-bond donors (Lipinski definition) is 1. The van der Waals surface area contributed by atoms with Gasteiger partial charge in [0.2, 0.25) is 6.67 Å². The smallest absolute Gasteiger partial charge is 0.336 e. The first-order valence-corrected chi connectivity index (χ1v) is 22.0. The number of aromatic amines is 1. The molecule has 0 unspecified atom stereocenters. The van der Waals surface area contributed by atoms with E-state index in [1.807, 2.05) is 72.9 Å². The van der Waals surface area contributed by atoms with Crippen LogP contribution in [0.2, 0.25) is 10.0 Å². The Balaban J connectivity index is 0.981. The van der Waals surface area contributed by atoms with Crippen LogP contribution in [0.3, 0.4) is 0 Å². The molecule has 11 aromatic rings. The first-order chi connectivity index (χ1) is 32.1. The van der Waals surface area contributed by atoms with Gasteiger partial charge in [-0.05, 0) is 54.1 Å². The minimum atomic E-state index is -0.629. The zero-order valence-corrected chi connectivity index (χ0v) is 36.9. The van der Waals surface area contributed by atoms with Crippen molar-refractivity contribution in [1.82, 2.24) is 38.4 Å². The van der Waals surface area contributed by atoms with Crippen LogP contribution >= 0.6 is 34.5 Å². The molecule has 0 aliphatic carbocycles. The Kier molecular flexibility index (Phi) is 10.0. The molecule has 0 saturated heterocycles. The fraction of sp³-hybridized carbons (Fsp3) is 0.0612. The van der Waals surface area contributed by atoms with Crippen LogP contribution in [-0.2, 0) is 13.2 Å². The van der Waals surface area contributed by atoms with Crippen molar-refractivity contribution in [3.63, 3.8) is 0 Å². The van der Waals surface area contributed by atoms with E-state index in [1.54, 1.807) is 77.3 Å². The summed E-state index contributed by atoms with van der Waals surface area (Å²) in [4.78, 5) is 69.8. The van der Waals surface area contributed by atoms with Crippen molar-refractivity contribution in [2.24, 2.45) is 0 Å². The molecule has 0 saturated carbocycles. The van der Waals surface area contributed by atoms with Gasteiger partial charge in [0.15, 0.2) is 18.2 Å². The van der Waals surface area contributed by atoms with E-state index in [-0.39, 0.29) is 13.2 Å². The van der Waals surface area contributed by atoms with Crippen LogP contribution in [0.1, 0.15) is 5.82 Å². The van der Waals surface area contributed by atoms with Gasteiger partial charge in [-0.1, -0.05) is 89.9 Å². The van der Waals surface area contributed by atoms with Gasteiger partial charge in [0.05, 0.1) is 42.0 Å². The lowest BCUT2D eigenvalue weighted by molar-refractivity contribution is -0.701. The van der Waals surface area contributed by atoms with Gasteiger partial charge in [-0.2, -0.15) is 9.25 Å². The maximum atomic E-state index is 14.7. The van der Waals surface area contributed by atoms with E-state index in [0.717, 1.165) is 25.5 Å². The number of halogens is 2. The summed E-state index contributed by atoms with van der Waals surface area (Å²) in [6.45, 7) is 0.0387. The highest BCUT2D eigenvalue weighted by Gasteiger charge is 2.23. The van der Waals surface area contributed by atoms with Crippen LogP contribution in [0, 0.1) is 0 Å².